The molecular formula is C20H20N6. The van der Waals surface area contributed by atoms with Gasteiger partial charge in [0, 0.05) is 29.0 Å². The molecule has 0 unspecified atom stereocenters. The number of hydrogen-bond donors (Lipinski definition) is 1. The monoisotopic (exact) mass is 344 g/mol. The molecule has 0 spiro atoms. The van der Waals surface area contributed by atoms with Crippen LogP contribution in [0.4, 0.5) is 0 Å². The molecule has 3 aromatic heterocycles. The van der Waals surface area contributed by atoms with E-state index in [-0.39, 0.29) is 0 Å². The largest absolute Gasteiger partial charge is 0.265 e. The third-order valence-electron chi connectivity index (χ3n) is 4.44. The van der Waals surface area contributed by atoms with Gasteiger partial charge in [0.15, 0.2) is 0 Å². The van der Waals surface area contributed by atoms with Crippen LogP contribution >= 0.6 is 0 Å². The van der Waals surface area contributed by atoms with Crippen LogP contribution in [0.15, 0.2) is 48.8 Å². The molecule has 4 aromatic rings. The van der Waals surface area contributed by atoms with Gasteiger partial charge in [0.05, 0.1) is 5.52 Å². The van der Waals surface area contributed by atoms with Crippen LogP contribution in [0.3, 0.4) is 0 Å². The number of aromatic amines is 1. The number of aryl methyl sites for hydroxylation is 1. The lowest BCUT2D eigenvalue weighted by molar-refractivity contribution is 0.582. The third-order valence-corrected chi connectivity index (χ3v) is 4.44. The van der Waals surface area contributed by atoms with Crippen LogP contribution in [0.1, 0.15) is 26.0 Å². The van der Waals surface area contributed by atoms with Crippen molar-refractivity contribution >= 4 is 10.9 Å². The Hall–Kier alpha value is -3.15. The van der Waals surface area contributed by atoms with Gasteiger partial charge in [-0.25, -0.2) is 0 Å². The van der Waals surface area contributed by atoms with Crippen LogP contribution < -0.4 is 0 Å². The molecule has 130 valence electrons. The summed E-state index contributed by atoms with van der Waals surface area (Å²) in [5, 5.41) is 15.7. The summed E-state index contributed by atoms with van der Waals surface area (Å²) < 4.78 is 0. The van der Waals surface area contributed by atoms with Crippen molar-refractivity contribution in [3.8, 4) is 22.5 Å². The fourth-order valence-corrected chi connectivity index (χ4v) is 3.03. The van der Waals surface area contributed by atoms with Gasteiger partial charge in [0.25, 0.3) is 0 Å². The van der Waals surface area contributed by atoms with Gasteiger partial charge < -0.3 is 0 Å². The maximum Gasteiger partial charge on any atom is 0.205 e. The van der Waals surface area contributed by atoms with Gasteiger partial charge in [0.2, 0.25) is 5.82 Å². The first-order chi connectivity index (χ1) is 12.7. The van der Waals surface area contributed by atoms with Gasteiger partial charge in [-0.15, -0.1) is 10.2 Å². The summed E-state index contributed by atoms with van der Waals surface area (Å²) >= 11 is 0. The molecule has 6 nitrogen and oxygen atoms in total. The van der Waals surface area contributed by atoms with E-state index in [0.717, 1.165) is 46.1 Å². The summed E-state index contributed by atoms with van der Waals surface area (Å²) in [5.41, 5.74) is 5.19. The van der Waals surface area contributed by atoms with E-state index in [0.29, 0.717) is 11.7 Å². The summed E-state index contributed by atoms with van der Waals surface area (Å²) in [7, 11) is 0. The van der Waals surface area contributed by atoms with Gasteiger partial charge in [-0.1, -0.05) is 19.9 Å². The number of nitrogens with one attached hydrogen (secondary N) is 1. The Balaban J connectivity index is 1.86. The van der Waals surface area contributed by atoms with Crippen molar-refractivity contribution in [3.05, 3.63) is 54.5 Å². The maximum atomic E-state index is 4.85. The summed E-state index contributed by atoms with van der Waals surface area (Å²) in [6.07, 6.45) is 5.63. The van der Waals surface area contributed by atoms with Crippen molar-refractivity contribution in [3.63, 3.8) is 0 Å². The zero-order valence-corrected chi connectivity index (χ0v) is 14.8. The lowest BCUT2D eigenvalue weighted by Crippen LogP contribution is -1.98. The van der Waals surface area contributed by atoms with Gasteiger partial charge in [-0.05, 0) is 65.4 Å². The first kappa shape index (κ1) is 16.3. The van der Waals surface area contributed by atoms with E-state index in [2.05, 4.69) is 63.7 Å². The molecule has 1 aromatic carbocycles. The van der Waals surface area contributed by atoms with E-state index in [1.54, 1.807) is 12.4 Å². The standard InChI is InChI=1S/C20H20N6/c1-13(2)3-5-16-12-18(20-23-25-26-24-20)17-11-15(4-6-19(17)22-16)14-7-9-21-10-8-14/h4,6-13H,3,5H2,1-2H3,(H,23,24,25,26). The Bertz CT molecular complexity index is 1010. The number of H-pyrrole nitrogens is 1. The van der Waals surface area contributed by atoms with Crippen molar-refractivity contribution in [1.82, 2.24) is 30.6 Å². The number of rotatable bonds is 5. The number of fused-ring (bicyclic) bond motifs is 1. The van der Waals surface area contributed by atoms with Crippen LogP contribution in [0, 0.1) is 5.92 Å². The molecule has 26 heavy (non-hydrogen) atoms. The normalized spacial score (nSPS) is 11.3. The third kappa shape index (κ3) is 3.31. The molecule has 0 radical (unpaired) electrons. The zero-order valence-electron chi connectivity index (χ0n) is 14.8. The van der Waals surface area contributed by atoms with Crippen LogP contribution in [-0.4, -0.2) is 30.6 Å². The van der Waals surface area contributed by atoms with E-state index in [1.165, 1.54) is 0 Å². The quantitative estimate of drug-likeness (QED) is 0.590. The fourth-order valence-electron chi connectivity index (χ4n) is 3.03. The fraction of sp³-hybridized carbons (Fsp3) is 0.250. The minimum atomic E-state index is 0.593. The average molecular weight is 344 g/mol. The number of pyridine rings is 2. The predicted octanol–water partition coefficient (Wildman–Crippen LogP) is 4.07. The minimum Gasteiger partial charge on any atom is -0.265 e. The van der Waals surface area contributed by atoms with Crippen molar-refractivity contribution in [1.29, 1.82) is 0 Å². The lowest BCUT2D eigenvalue weighted by Gasteiger charge is -2.10. The van der Waals surface area contributed by atoms with Crippen molar-refractivity contribution in [2.45, 2.75) is 26.7 Å². The zero-order chi connectivity index (χ0) is 17.9. The molecule has 0 bridgehead atoms. The van der Waals surface area contributed by atoms with Crippen LogP contribution in [0.25, 0.3) is 33.4 Å². The van der Waals surface area contributed by atoms with E-state index in [4.69, 9.17) is 4.98 Å². The number of nitrogens with zero attached hydrogens (tertiary/aromatic N) is 5. The molecule has 0 fully saturated rings. The van der Waals surface area contributed by atoms with Crippen molar-refractivity contribution in [2.75, 3.05) is 0 Å². The van der Waals surface area contributed by atoms with Gasteiger partial charge in [-0.2, -0.15) is 5.21 Å². The van der Waals surface area contributed by atoms with E-state index in [9.17, 15) is 0 Å². The molecule has 0 amide bonds. The second-order valence-corrected chi connectivity index (χ2v) is 6.80. The second-order valence-electron chi connectivity index (χ2n) is 6.80. The lowest BCUT2D eigenvalue weighted by atomic mass is 9.99. The minimum absolute atomic E-state index is 0.593. The number of aromatic nitrogens is 6. The van der Waals surface area contributed by atoms with Crippen molar-refractivity contribution < 1.29 is 0 Å². The Morgan fingerprint density at radius 1 is 1.00 bits per heavy atom. The molecule has 0 aliphatic carbocycles. The smallest absolute Gasteiger partial charge is 0.205 e. The molecule has 1 N–H and O–H groups in total. The average Bonchev–Trinajstić information content (AvgIpc) is 3.20. The highest BCUT2D eigenvalue weighted by Gasteiger charge is 2.13. The SMILES string of the molecule is CC(C)CCc1cc(-c2nn[nH]n2)c2cc(-c3ccncc3)ccc2n1. The molecule has 0 saturated heterocycles. The van der Waals surface area contributed by atoms with Crippen LogP contribution in [0.5, 0.6) is 0 Å². The molecule has 6 heteroatoms. The van der Waals surface area contributed by atoms with E-state index >= 15 is 0 Å². The first-order valence-electron chi connectivity index (χ1n) is 8.78. The topological polar surface area (TPSA) is 80.2 Å². The highest BCUT2D eigenvalue weighted by molar-refractivity contribution is 5.95. The molecule has 4 rings (SSSR count). The Morgan fingerprint density at radius 3 is 2.58 bits per heavy atom. The summed E-state index contributed by atoms with van der Waals surface area (Å²) in [5.74, 6) is 1.23. The highest BCUT2D eigenvalue weighted by Crippen LogP contribution is 2.30. The number of tetrazole rings is 1. The molecule has 0 aliphatic rings. The second kappa shape index (κ2) is 7.00. The predicted molar refractivity (Wildman–Crippen MR) is 101 cm³/mol. The maximum absolute atomic E-state index is 4.85. The van der Waals surface area contributed by atoms with Gasteiger partial charge in [-0.3, -0.25) is 9.97 Å². The number of benzene rings is 1. The summed E-state index contributed by atoms with van der Waals surface area (Å²) in [6, 6.07) is 12.4. The molecular weight excluding hydrogens is 324 g/mol. The summed E-state index contributed by atoms with van der Waals surface area (Å²) in [6.45, 7) is 4.45. The van der Waals surface area contributed by atoms with Crippen LogP contribution in [0.2, 0.25) is 0 Å². The number of hydrogen-bond acceptors (Lipinski definition) is 5. The van der Waals surface area contributed by atoms with Gasteiger partial charge in [0.1, 0.15) is 0 Å². The summed E-state index contributed by atoms with van der Waals surface area (Å²) in [4.78, 5) is 8.95. The Morgan fingerprint density at radius 2 is 1.85 bits per heavy atom. The van der Waals surface area contributed by atoms with Crippen molar-refractivity contribution in [2.24, 2.45) is 5.92 Å². The Labute approximate surface area is 151 Å². The van der Waals surface area contributed by atoms with E-state index in [1.807, 2.05) is 12.1 Å². The first-order valence-corrected chi connectivity index (χ1v) is 8.78. The highest BCUT2D eigenvalue weighted by atomic mass is 15.5. The Kier molecular flexibility index (Phi) is 4.39. The van der Waals surface area contributed by atoms with E-state index < -0.39 is 0 Å². The molecule has 0 aliphatic heterocycles. The van der Waals surface area contributed by atoms with Crippen LogP contribution in [-0.2, 0) is 6.42 Å². The molecule has 0 atom stereocenters. The molecule has 3 heterocycles. The molecule has 0 saturated carbocycles. The van der Waals surface area contributed by atoms with Gasteiger partial charge >= 0.3 is 0 Å².